The van der Waals surface area contributed by atoms with Gasteiger partial charge in [-0.15, -0.1) is 0 Å². The lowest BCUT2D eigenvalue weighted by Gasteiger charge is -2.27. The zero-order valence-electron chi connectivity index (χ0n) is 11.9. The van der Waals surface area contributed by atoms with Gasteiger partial charge in [0.15, 0.2) is 0 Å². The minimum Gasteiger partial charge on any atom is -0.324 e. The van der Waals surface area contributed by atoms with Crippen molar-refractivity contribution in [1.29, 1.82) is 0 Å². The smallest absolute Gasteiger partial charge is 0.0406 e. The van der Waals surface area contributed by atoms with Crippen LogP contribution in [-0.4, -0.2) is 25.0 Å². The maximum absolute atomic E-state index is 6.19. The number of hydrogen-bond donors (Lipinski definition) is 1. The number of rotatable bonds is 5. The predicted molar refractivity (Wildman–Crippen MR) is 79.9 cm³/mol. The van der Waals surface area contributed by atoms with Crippen LogP contribution in [0.1, 0.15) is 38.8 Å². The molecule has 1 aromatic rings. The van der Waals surface area contributed by atoms with E-state index in [4.69, 9.17) is 17.3 Å². The Labute approximate surface area is 116 Å². The average Bonchev–Trinajstić information content (AvgIpc) is 2.24. The van der Waals surface area contributed by atoms with Crippen LogP contribution in [0.5, 0.6) is 0 Å². The standard InChI is InChI=1S/C15H25ClN2/c1-15(2,3)11-18(4)10-9-14(17)12-5-7-13(16)8-6-12/h5-8,14H,9-11,17H2,1-4H3. The summed E-state index contributed by atoms with van der Waals surface area (Å²) in [4.78, 5) is 2.34. The summed E-state index contributed by atoms with van der Waals surface area (Å²) in [5.41, 5.74) is 7.68. The van der Waals surface area contributed by atoms with Crippen molar-refractivity contribution >= 4 is 11.6 Å². The van der Waals surface area contributed by atoms with Crippen molar-refractivity contribution in [3.63, 3.8) is 0 Å². The molecule has 0 radical (unpaired) electrons. The van der Waals surface area contributed by atoms with Gasteiger partial charge in [-0.2, -0.15) is 0 Å². The van der Waals surface area contributed by atoms with E-state index in [0.717, 1.165) is 30.1 Å². The largest absolute Gasteiger partial charge is 0.324 e. The Hall–Kier alpha value is -0.570. The van der Waals surface area contributed by atoms with E-state index in [2.05, 4.69) is 32.7 Å². The molecule has 1 aromatic carbocycles. The molecule has 0 aromatic heterocycles. The normalized spacial score (nSPS) is 13.9. The summed E-state index contributed by atoms with van der Waals surface area (Å²) in [7, 11) is 2.15. The number of hydrogen-bond acceptors (Lipinski definition) is 2. The second kappa shape index (κ2) is 6.55. The molecule has 2 nitrogen and oxygen atoms in total. The van der Waals surface area contributed by atoms with Crippen molar-refractivity contribution in [3.05, 3.63) is 34.9 Å². The van der Waals surface area contributed by atoms with Crippen LogP contribution in [0.2, 0.25) is 5.02 Å². The zero-order valence-corrected chi connectivity index (χ0v) is 12.7. The highest BCUT2D eigenvalue weighted by atomic mass is 35.5. The lowest BCUT2D eigenvalue weighted by molar-refractivity contribution is 0.221. The molecule has 1 unspecified atom stereocenters. The molecule has 0 amide bonds. The van der Waals surface area contributed by atoms with Crippen LogP contribution >= 0.6 is 11.6 Å². The van der Waals surface area contributed by atoms with E-state index in [1.54, 1.807) is 0 Å². The van der Waals surface area contributed by atoms with Crippen molar-refractivity contribution in [2.24, 2.45) is 11.1 Å². The highest BCUT2D eigenvalue weighted by Crippen LogP contribution is 2.19. The summed E-state index contributed by atoms with van der Waals surface area (Å²) in [5.74, 6) is 0. The lowest BCUT2D eigenvalue weighted by atomic mass is 9.96. The van der Waals surface area contributed by atoms with E-state index >= 15 is 0 Å². The molecule has 102 valence electrons. The van der Waals surface area contributed by atoms with Crippen LogP contribution in [0.4, 0.5) is 0 Å². The molecule has 0 fully saturated rings. The van der Waals surface area contributed by atoms with E-state index in [-0.39, 0.29) is 6.04 Å². The summed E-state index contributed by atoms with van der Waals surface area (Å²) in [6, 6.07) is 7.91. The van der Waals surface area contributed by atoms with Crippen LogP contribution in [0.15, 0.2) is 24.3 Å². The molecule has 0 aliphatic carbocycles. The van der Waals surface area contributed by atoms with Gasteiger partial charge in [-0.05, 0) is 43.1 Å². The van der Waals surface area contributed by atoms with E-state index in [1.165, 1.54) is 0 Å². The van der Waals surface area contributed by atoms with Crippen LogP contribution in [-0.2, 0) is 0 Å². The molecule has 0 spiro atoms. The number of nitrogens with two attached hydrogens (primary N) is 1. The number of nitrogens with zero attached hydrogens (tertiary/aromatic N) is 1. The molecule has 2 N–H and O–H groups in total. The van der Waals surface area contributed by atoms with Gasteiger partial charge in [0.05, 0.1) is 0 Å². The maximum Gasteiger partial charge on any atom is 0.0406 e. The second-order valence-corrected chi connectivity index (χ2v) is 6.68. The van der Waals surface area contributed by atoms with Crippen molar-refractivity contribution in [3.8, 4) is 0 Å². The molecule has 1 rings (SSSR count). The van der Waals surface area contributed by atoms with E-state index in [1.807, 2.05) is 24.3 Å². The lowest BCUT2D eigenvalue weighted by Crippen LogP contribution is -2.31. The van der Waals surface area contributed by atoms with Gasteiger partial charge in [0.1, 0.15) is 0 Å². The molecular weight excluding hydrogens is 244 g/mol. The van der Waals surface area contributed by atoms with Gasteiger partial charge in [0.25, 0.3) is 0 Å². The SMILES string of the molecule is CN(CCC(N)c1ccc(Cl)cc1)CC(C)(C)C. The first-order valence-corrected chi connectivity index (χ1v) is 6.85. The van der Waals surface area contributed by atoms with Gasteiger partial charge in [-0.25, -0.2) is 0 Å². The average molecular weight is 269 g/mol. The second-order valence-electron chi connectivity index (χ2n) is 6.25. The van der Waals surface area contributed by atoms with Gasteiger partial charge in [0.2, 0.25) is 0 Å². The van der Waals surface area contributed by atoms with E-state index in [9.17, 15) is 0 Å². The fourth-order valence-corrected chi connectivity index (χ4v) is 2.25. The van der Waals surface area contributed by atoms with Gasteiger partial charge in [-0.1, -0.05) is 44.5 Å². The quantitative estimate of drug-likeness (QED) is 0.882. The van der Waals surface area contributed by atoms with Crippen molar-refractivity contribution in [2.75, 3.05) is 20.1 Å². The Morgan fingerprint density at radius 2 is 1.78 bits per heavy atom. The van der Waals surface area contributed by atoms with Crippen LogP contribution in [0, 0.1) is 5.41 Å². The van der Waals surface area contributed by atoms with E-state index < -0.39 is 0 Å². The first-order chi connectivity index (χ1) is 8.28. The predicted octanol–water partition coefficient (Wildman–Crippen LogP) is 3.71. The Morgan fingerprint density at radius 3 is 2.28 bits per heavy atom. The van der Waals surface area contributed by atoms with Crippen LogP contribution in [0.25, 0.3) is 0 Å². The number of benzene rings is 1. The molecule has 0 bridgehead atoms. The monoisotopic (exact) mass is 268 g/mol. The molecule has 0 saturated heterocycles. The van der Waals surface area contributed by atoms with Gasteiger partial charge in [-0.3, -0.25) is 0 Å². The summed E-state index contributed by atoms with van der Waals surface area (Å²) < 4.78 is 0. The first-order valence-electron chi connectivity index (χ1n) is 6.47. The minimum absolute atomic E-state index is 0.0877. The third kappa shape index (κ3) is 5.85. The van der Waals surface area contributed by atoms with E-state index in [0.29, 0.717) is 5.41 Å². The van der Waals surface area contributed by atoms with Crippen molar-refractivity contribution in [1.82, 2.24) is 4.90 Å². The topological polar surface area (TPSA) is 29.3 Å². The molecule has 0 aliphatic rings. The van der Waals surface area contributed by atoms with Gasteiger partial charge >= 0.3 is 0 Å². The fraction of sp³-hybridized carbons (Fsp3) is 0.600. The highest BCUT2D eigenvalue weighted by molar-refractivity contribution is 6.30. The fourth-order valence-electron chi connectivity index (χ4n) is 2.12. The van der Waals surface area contributed by atoms with Crippen LogP contribution in [0.3, 0.4) is 0 Å². The Balaban J connectivity index is 2.41. The number of halogens is 1. The Morgan fingerprint density at radius 1 is 1.22 bits per heavy atom. The molecule has 0 saturated carbocycles. The highest BCUT2D eigenvalue weighted by Gasteiger charge is 2.14. The third-order valence-corrected chi connectivity index (χ3v) is 3.12. The van der Waals surface area contributed by atoms with Gasteiger partial charge in [0, 0.05) is 17.6 Å². The third-order valence-electron chi connectivity index (χ3n) is 2.86. The minimum atomic E-state index is 0.0877. The van der Waals surface area contributed by atoms with Crippen molar-refractivity contribution in [2.45, 2.75) is 33.2 Å². The molecular formula is C15H25ClN2. The Bertz CT molecular complexity index is 354. The maximum atomic E-state index is 6.19. The molecule has 0 heterocycles. The summed E-state index contributed by atoms with van der Waals surface area (Å²) in [6.07, 6.45) is 0.966. The molecule has 0 aliphatic heterocycles. The first kappa shape index (κ1) is 15.5. The summed E-state index contributed by atoms with van der Waals surface area (Å²) in [5, 5.41) is 0.760. The summed E-state index contributed by atoms with van der Waals surface area (Å²) >= 11 is 5.87. The molecule has 18 heavy (non-hydrogen) atoms. The zero-order chi connectivity index (χ0) is 13.8. The molecule has 3 heteroatoms. The van der Waals surface area contributed by atoms with Crippen molar-refractivity contribution < 1.29 is 0 Å². The van der Waals surface area contributed by atoms with Gasteiger partial charge < -0.3 is 10.6 Å². The summed E-state index contributed by atoms with van der Waals surface area (Å²) in [6.45, 7) is 8.86. The van der Waals surface area contributed by atoms with Crippen LogP contribution < -0.4 is 5.73 Å². The molecule has 1 atom stereocenters. The Kier molecular flexibility index (Phi) is 5.64.